The molecule has 1 heterocycles. The summed E-state index contributed by atoms with van der Waals surface area (Å²) in [5, 5.41) is 3.08. The third kappa shape index (κ3) is 4.92. The third-order valence-corrected chi connectivity index (χ3v) is 5.35. The van der Waals surface area contributed by atoms with E-state index >= 15 is 0 Å². The molecular formula is C27H26N2O2. The van der Waals surface area contributed by atoms with Crippen LogP contribution in [-0.2, 0) is 11.2 Å². The molecule has 0 unspecified atom stereocenters. The highest BCUT2D eigenvalue weighted by Crippen LogP contribution is 2.32. The average Bonchev–Trinajstić information content (AvgIpc) is 3.23. The molecule has 0 radical (unpaired) electrons. The van der Waals surface area contributed by atoms with Crippen LogP contribution in [0.4, 0.5) is 0 Å². The number of carbonyl (C=O) groups excluding carboxylic acids is 1. The van der Waals surface area contributed by atoms with Crippen molar-refractivity contribution < 1.29 is 9.21 Å². The smallest absolute Gasteiger partial charge is 0.220 e. The Morgan fingerprint density at radius 1 is 0.903 bits per heavy atom. The Bertz CT molecular complexity index is 1090. The number of carbonyl (C=O) groups is 1. The number of hydrogen-bond acceptors (Lipinski definition) is 3. The number of rotatable bonds is 7. The summed E-state index contributed by atoms with van der Waals surface area (Å²) in [6, 6.07) is 28.0. The lowest BCUT2D eigenvalue weighted by Crippen LogP contribution is -2.27. The van der Waals surface area contributed by atoms with Crippen LogP contribution in [-0.4, -0.2) is 10.9 Å². The van der Waals surface area contributed by atoms with Crippen LogP contribution in [0.15, 0.2) is 89.3 Å². The standard InChI is InChI=1S/C27H26N2O2/c1-19-11-9-10-16-23(19)20(2)28-24(30)17-18-25-29-26(21-12-5-3-6-13-21)27(31-25)22-14-7-4-8-15-22/h3-16,20H,17-18H2,1-2H3,(H,28,30)/t20-/m0/s1. The summed E-state index contributed by atoms with van der Waals surface area (Å²) in [6.45, 7) is 4.06. The van der Waals surface area contributed by atoms with E-state index in [1.54, 1.807) is 0 Å². The summed E-state index contributed by atoms with van der Waals surface area (Å²) in [4.78, 5) is 17.3. The summed E-state index contributed by atoms with van der Waals surface area (Å²) < 4.78 is 6.12. The average molecular weight is 411 g/mol. The largest absolute Gasteiger partial charge is 0.440 e. The molecule has 1 atom stereocenters. The zero-order valence-electron chi connectivity index (χ0n) is 17.8. The summed E-state index contributed by atoms with van der Waals surface area (Å²) in [5.74, 6) is 1.28. The van der Waals surface area contributed by atoms with Gasteiger partial charge in [-0.1, -0.05) is 84.9 Å². The Labute approximate surface area is 183 Å². The van der Waals surface area contributed by atoms with E-state index in [1.807, 2.05) is 85.8 Å². The SMILES string of the molecule is Cc1ccccc1[C@H](C)NC(=O)CCc1nc(-c2ccccc2)c(-c2ccccc2)o1. The van der Waals surface area contributed by atoms with Crippen LogP contribution in [0.5, 0.6) is 0 Å². The lowest BCUT2D eigenvalue weighted by atomic mass is 10.0. The molecule has 0 saturated heterocycles. The Hall–Kier alpha value is -3.66. The van der Waals surface area contributed by atoms with Crippen LogP contribution < -0.4 is 5.32 Å². The number of nitrogens with one attached hydrogen (secondary N) is 1. The van der Waals surface area contributed by atoms with Crippen molar-refractivity contribution in [3.05, 3.63) is 102 Å². The number of hydrogen-bond donors (Lipinski definition) is 1. The molecule has 0 fully saturated rings. The van der Waals surface area contributed by atoms with Crippen molar-refractivity contribution in [1.29, 1.82) is 0 Å². The highest BCUT2D eigenvalue weighted by Gasteiger charge is 2.18. The molecule has 4 rings (SSSR count). The molecule has 1 amide bonds. The number of aromatic nitrogens is 1. The lowest BCUT2D eigenvalue weighted by Gasteiger charge is -2.16. The molecule has 4 aromatic rings. The Morgan fingerprint density at radius 3 is 2.19 bits per heavy atom. The molecule has 4 heteroatoms. The molecule has 0 aliphatic rings. The van der Waals surface area contributed by atoms with Gasteiger partial charge in [-0.3, -0.25) is 4.79 Å². The van der Waals surface area contributed by atoms with Gasteiger partial charge in [0.2, 0.25) is 5.91 Å². The predicted molar refractivity (Wildman–Crippen MR) is 123 cm³/mol. The highest BCUT2D eigenvalue weighted by molar-refractivity contribution is 5.78. The second-order valence-electron chi connectivity index (χ2n) is 7.66. The fraction of sp³-hybridized carbons (Fsp3) is 0.185. The molecule has 156 valence electrons. The first-order chi connectivity index (χ1) is 15.1. The third-order valence-electron chi connectivity index (χ3n) is 5.35. The minimum absolute atomic E-state index is 0.0172. The van der Waals surface area contributed by atoms with Crippen molar-refractivity contribution in [2.75, 3.05) is 0 Å². The fourth-order valence-electron chi connectivity index (χ4n) is 3.73. The van der Waals surface area contributed by atoms with E-state index < -0.39 is 0 Å². The first-order valence-electron chi connectivity index (χ1n) is 10.6. The van der Waals surface area contributed by atoms with Gasteiger partial charge >= 0.3 is 0 Å². The number of benzene rings is 3. The van der Waals surface area contributed by atoms with Gasteiger partial charge in [0, 0.05) is 24.0 Å². The molecule has 0 aliphatic carbocycles. The van der Waals surface area contributed by atoms with Crippen molar-refractivity contribution in [1.82, 2.24) is 10.3 Å². The van der Waals surface area contributed by atoms with Crippen LogP contribution in [0.25, 0.3) is 22.6 Å². The highest BCUT2D eigenvalue weighted by atomic mass is 16.4. The van der Waals surface area contributed by atoms with E-state index in [2.05, 4.69) is 18.3 Å². The van der Waals surface area contributed by atoms with Crippen molar-refractivity contribution in [2.45, 2.75) is 32.7 Å². The maximum atomic E-state index is 12.6. The van der Waals surface area contributed by atoms with Crippen molar-refractivity contribution in [2.24, 2.45) is 0 Å². The van der Waals surface area contributed by atoms with Crippen molar-refractivity contribution in [3.63, 3.8) is 0 Å². The predicted octanol–water partition coefficient (Wildman–Crippen LogP) is 6.13. The fourth-order valence-corrected chi connectivity index (χ4v) is 3.73. The molecule has 31 heavy (non-hydrogen) atoms. The lowest BCUT2D eigenvalue weighted by molar-refractivity contribution is -0.121. The van der Waals surface area contributed by atoms with Gasteiger partial charge in [-0.05, 0) is 25.0 Å². The Balaban J connectivity index is 1.49. The quantitative estimate of drug-likeness (QED) is 0.399. The summed E-state index contributed by atoms with van der Waals surface area (Å²) in [6.07, 6.45) is 0.762. The zero-order valence-corrected chi connectivity index (χ0v) is 17.8. The maximum absolute atomic E-state index is 12.6. The molecule has 4 nitrogen and oxygen atoms in total. The monoisotopic (exact) mass is 410 g/mol. The number of oxazole rings is 1. The Kier molecular flexibility index (Phi) is 6.27. The summed E-state index contributed by atoms with van der Waals surface area (Å²) in [7, 11) is 0. The van der Waals surface area contributed by atoms with Crippen LogP contribution in [0.1, 0.15) is 36.4 Å². The van der Waals surface area contributed by atoms with Gasteiger partial charge in [0.05, 0.1) is 6.04 Å². The minimum Gasteiger partial charge on any atom is -0.440 e. The van der Waals surface area contributed by atoms with Gasteiger partial charge in [0.15, 0.2) is 11.7 Å². The van der Waals surface area contributed by atoms with Crippen LogP contribution >= 0.6 is 0 Å². The molecule has 1 aromatic heterocycles. The summed E-state index contributed by atoms with van der Waals surface area (Å²) in [5.41, 5.74) is 5.06. The molecular weight excluding hydrogens is 384 g/mol. The number of nitrogens with zero attached hydrogens (tertiary/aromatic N) is 1. The topological polar surface area (TPSA) is 55.1 Å². The van der Waals surface area contributed by atoms with E-state index in [9.17, 15) is 4.79 Å². The van der Waals surface area contributed by atoms with Gasteiger partial charge in [0.1, 0.15) is 5.69 Å². The van der Waals surface area contributed by atoms with Crippen LogP contribution in [0.2, 0.25) is 0 Å². The molecule has 0 bridgehead atoms. The second kappa shape index (κ2) is 9.43. The van der Waals surface area contributed by atoms with Crippen LogP contribution in [0, 0.1) is 6.92 Å². The normalized spacial score (nSPS) is 11.8. The molecule has 0 saturated carbocycles. The molecule has 3 aromatic carbocycles. The van der Waals surface area contributed by atoms with Gasteiger partial charge in [-0.25, -0.2) is 4.98 Å². The van der Waals surface area contributed by atoms with Gasteiger partial charge < -0.3 is 9.73 Å². The van der Waals surface area contributed by atoms with E-state index in [-0.39, 0.29) is 11.9 Å². The maximum Gasteiger partial charge on any atom is 0.220 e. The van der Waals surface area contributed by atoms with E-state index in [0.29, 0.717) is 18.7 Å². The van der Waals surface area contributed by atoms with E-state index in [4.69, 9.17) is 9.40 Å². The molecule has 0 aliphatic heterocycles. The second-order valence-corrected chi connectivity index (χ2v) is 7.66. The molecule has 0 spiro atoms. The van der Waals surface area contributed by atoms with Crippen LogP contribution in [0.3, 0.4) is 0 Å². The summed E-state index contributed by atoms with van der Waals surface area (Å²) >= 11 is 0. The van der Waals surface area contributed by atoms with Gasteiger partial charge in [-0.15, -0.1) is 0 Å². The van der Waals surface area contributed by atoms with Gasteiger partial charge in [0.25, 0.3) is 0 Å². The first-order valence-corrected chi connectivity index (χ1v) is 10.6. The number of aryl methyl sites for hydroxylation is 2. The molecule has 1 N–H and O–H groups in total. The van der Waals surface area contributed by atoms with Crippen molar-refractivity contribution in [3.8, 4) is 22.6 Å². The van der Waals surface area contributed by atoms with E-state index in [0.717, 1.165) is 28.1 Å². The van der Waals surface area contributed by atoms with Crippen molar-refractivity contribution >= 4 is 5.91 Å². The first kappa shape index (κ1) is 20.6. The minimum atomic E-state index is -0.0435. The Morgan fingerprint density at radius 2 is 1.52 bits per heavy atom. The van der Waals surface area contributed by atoms with Gasteiger partial charge in [-0.2, -0.15) is 0 Å². The van der Waals surface area contributed by atoms with E-state index in [1.165, 1.54) is 5.56 Å². The zero-order chi connectivity index (χ0) is 21.6. The number of amides is 1.